The normalized spacial score (nSPS) is 11.6. The Hall–Kier alpha value is -0.633. The SMILES string of the molecule is CCO[Si](CCCN(CC)C(=O)[O-])(OCC)OCC. The number of carboxylic acid groups (broad SMARTS) is 1. The summed E-state index contributed by atoms with van der Waals surface area (Å²) < 4.78 is 17.1. The molecule has 0 unspecified atom stereocenters. The van der Waals surface area contributed by atoms with Crippen LogP contribution in [0.4, 0.5) is 4.79 Å². The number of carbonyl (C=O) groups is 1. The Balaban J connectivity index is 4.41. The van der Waals surface area contributed by atoms with Crippen LogP contribution >= 0.6 is 0 Å². The van der Waals surface area contributed by atoms with Crippen molar-refractivity contribution < 1.29 is 23.2 Å². The van der Waals surface area contributed by atoms with Crippen molar-refractivity contribution in [3.8, 4) is 0 Å². The van der Waals surface area contributed by atoms with Gasteiger partial charge in [0.1, 0.15) is 6.09 Å². The minimum atomic E-state index is -2.65. The van der Waals surface area contributed by atoms with Gasteiger partial charge in [-0.25, -0.2) is 0 Å². The van der Waals surface area contributed by atoms with Crippen LogP contribution in [0.1, 0.15) is 34.1 Å². The number of nitrogens with zero attached hydrogens (tertiary/aromatic N) is 1. The molecule has 0 radical (unpaired) electrons. The summed E-state index contributed by atoms with van der Waals surface area (Å²) in [5.41, 5.74) is 0. The molecule has 0 N–H and O–H groups in total. The fourth-order valence-electron chi connectivity index (χ4n) is 1.87. The summed E-state index contributed by atoms with van der Waals surface area (Å²) in [7, 11) is -2.65. The zero-order chi connectivity index (χ0) is 14.7. The standard InChI is InChI=1S/C12H27NO5Si/c1-5-13(12(14)15)10-9-11-19(16-6-2,17-7-3)18-8-4/h5-11H2,1-4H3,(H,14,15)/p-1. The van der Waals surface area contributed by atoms with Crippen molar-refractivity contribution in [1.29, 1.82) is 0 Å². The minimum Gasteiger partial charge on any atom is -0.530 e. The lowest BCUT2D eigenvalue weighted by Crippen LogP contribution is -2.47. The van der Waals surface area contributed by atoms with Crippen molar-refractivity contribution in [2.75, 3.05) is 32.9 Å². The lowest BCUT2D eigenvalue weighted by molar-refractivity contribution is -0.265. The maximum absolute atomic E-state index is 10.8. The molecule has 114 valence electrons. The third-order valence-electron chi connectivity index (χ3n) is 2.64. The van der Waals surface area contributed by atoms with Gasteiger partial charge in [-0.3, -0.25) is 0 Å². The molecule has 7 heteroatoms. The molecular formula is C12H26NO5Si-. The fraction of sp³-hybridized carbons (Fsp3) is 0.917. The summed E-state index contributed by atoms with van der Waals surface area (Å²) in [4.78, 5) is 12.1. The Morgan fingerprint density at radius 3 is 1.84 bits per heavy atom. The number of rotatable bonds is 11. The molecule has 0 aliphatic rings. The first kappa shape index (κ1) is 18.4. The number of hydrogen-bond donors (Lipinski definition) is 0. The lowest BCUT2D eigenvalue weighted by Gasteiger charge is -2.30. The molecule has 0 aromatic carbocycles. The third-order valence-corrected chi connectivity index (χ3v) is 5.80. The van der Waals surface area contributed by atoms with E-state index in [0.717, 1.165) is 0 Å². The smallest absolute Gasteiger partial charge is 0.500 e. The van der Waals surface area contributed by atoms with Crippen molar-refractivity contribution in [2.45, 2.75) is 40.2 Å². The Kier molecular flexibility index (Phi) is 9.85. The van der Waals surface area contributed by atoms with E-state index in [0.29, 0.717) is 45.4 Å². The van der Waals surface area contributed by atoms with Gasteiger partial charge < -0.3 is 28.1 Å². The molecule has 0 saturated carbocycles. The van der Waals surface area contributed by atoms with Crippen molar-refractivity contribution in [2.24, 2.45) is 0 Å². The molecule has 19 heavy (non-hydrogen) atoms. The summed E-state index contributed by atoms with van der Waals surface area (Å²) in [6.07, 6.45) is -0.493. The molecule has 0 aromatic rings. The molecular weight excluding hydrogens is 266 g/mol. The molecule has 0 heterocycles. The second-order valence-electron chi connectivity index (χ2n) is 3.93. The van der Waals surface area contributed by atoms with E-state index in [-0.39, 0.29) is 0 Å². The molecule has 0 saturated heterocycles. The molecule has 0 spiro atoms. The van der Waals surface area contributed by atoms with Crippen LogP contribution in [0, 0.1) is 0 Å². The zero-order valence-electron chi connectivity index (χ0n) is 12.4. The van der Waals surface area contributed by atoms with Gasteiger partial charge >= 0.3 is 8.80 Å². The highest BCUT2D eigenvalue weighted by Crippen LogP contribution is 2.18. The van der Waals surface area contributed by atoms with Gasteiger partial charge in [0.15, 0.2) is 0 Å². The average Bonchev–Trinajstić information content (AvgIpc) is 2.35. The van der Waals surface area contributed by atoms with Crippen LogP contribution in [0.25, 0.3) is 0 Å². The predicted molar refractivity (Wildman–Crippen MR) is 72.7 cm³/mol. The summed E-state index contributed by atoms with van der Waals surface area (Å²) in [5.74, 6) is 0. The Bertz CT molecular complexity index is 235. The number of hydrogen-bond acceptors (Lipinski definition) is 5. The molecule has 0 atom stereocenters. The van der Waals surface area contributed by atoms with Gasteiger partial charge in [-0.15, -0.1) is 0 Å². The monoisotopic (exact) mass is 292 g/mol. The van der Waals surface area contributed by atoms with Gasteiger partial charge in [0.25, 0.3) is 0 Å². The Morgan fingerprint density at radius 2 is 1.53 bits per heavy atom. The summed E-state index contributed by atoms with van der Waals surface area (Å²) in [6.45, 7) is 9.93. The van der Waals surface area contributed by atoms with Crippen molar-refractivity contribution in [1.82, 2.24) is 4.90 Å². The second-order valence-corrected chi connectivity index (χ2v) is 6.66. The van der Waals surface area contributed by atoms with E-state index in [4.69, 9.17) is 13.3 Å². The van der Waals surface area contributed by atoms with E-state index in [2.05, 4.69) is 0 Å². The van der Waals surface area contributed by atoms with Gasteiger partial charge in [-0.1, -0.05) is 0 Å². The third kappa shape index (κ3) is 6.91. The van der Waals surface area contributed by atoms with Gasteiger partial charge in [0.2, 0.25) is 0 Å². The molecule has 0 rings (SSSR count). The van der Waals surface area contributed by atoms with E-state index in [1.54, 1.807) is 6.92 Å². The number of amides is 1. The topological polar surface area (TPSA) is 71.1 Å². The van der Waals surface area contributed by atoms with Gasteiger partial charge in [0, 0.05) is 39.0 Å². The molecule has 0 aromatic heterocycles. The highest BCUT2D eigenvalue weighted by molar-refractivity contribution is 6.60. The van der Waals surface area contributed by atoms with Gasteiger partial charge in [-0.05, 0) is 34.1 Å². The Morgan fingerprint density at radius 1 is 1.05 bits per heavy atom. The van der Waals surface area contributed by atoms with Crippen LogP contribution in [0.15, 0.2) is 0 Å². The quantitative estimate of drug-likeness (QED) is 0.533. The van der Waals surface area contributed by atoms with E-state index >= 15 is 0 Å². The van der Waals surface area contributed by atoms with Crippen LogP contribution < -0.4 is 5.11 Å². The van der Waals surface area contributed by atoms with E-state index in [1.165, 1.54) is 4.90 Å². The first-order chi connectivity index (χ1) is 9.05. The first-order valence-corrected chi connectivity index (χ1v) is 8.86. The van der Waals surface area contributed by atoms with E-state index in [1.807, 2.05) is 20.8 Å². The van der Waals surface area contributed by atoms with E-state index in [9.17, 15) is 9.90 Å². The van der Waals surface area contributed by atoms with Crippen molar-refractivity contribution in [3.05, 3.63) is 0 Å². The molecule has 6 nitrogen and oxygen atoms in total. The minimum absolute atomic E-state index is 0.417. The van der Waals surface area contributed by atoms with Crippen LogP contribution in [-0.4, -0.2) is 52.7 Å². The number of carbonyl (C=O) groups excluding carboxylic acids is 1. The van der Waals surface area contributed by atoms with Gasteiger partial charge in [0.05, 0.1) is 0 Å². The summed E-state index contributed by atoms with van der Waals surface area (Å²) in [5, 5.41) is 10.8. The zero-order valence-corrected chi connectivity index (χ0v) is 13.4. The van der Waals surface area contributed by atoms with Crippen molar-refractivity contribution in [3.63, 3.8) is 0 Å². The molecule has 0 aliphatic carbocycles. The van der Waals surface area contributed by atoms with Crippen LogP contribution in [0.3, 0.4) is 0 Å². The van der Waals surface area contributed by atoms with Crippen LogP contribution in [0.2, 0.25) is 6.04 Å². The summed E-state index contributed by atoms with van der Waals surface area (Å²) >= 11 is 0. The molecule has 0 aliphatic heterocycles. The van der Waals surface area contributed by atoms with Crippen LogP contribution in [-0.2, 0) is 13.3 Å². The highest BCUT2D eigenvalue weighted by Gasteiger charge is 2.39. The fourth-order valence-corrected chi connectivity index (χ4v) is 4.46. The van der Waals surface area contributed by atoms with E-state index < -0.39 is 14.9 Å². The molecule has 0 fully saturated rings. The summed E-state index contributed by atoms with van der Waals surface area (Å²) in [6, 6.07) is 0.617. The predicted octanol–water partition coefficient (Wildman–Crippen LogP) is 1.09. The van der Waals surface area contributed by atoms with Crippen LogP contribution in [0.5, 0.6) is 0 Å². The average molecular weight is 292 g/mol. The maximum Gasteiger partial charge on any atom is 0.500 e. The lowest BCUT2D eigenvalue weighted by atomic mass is 10.4. The molecule has 1 amide bonds. The Labute approximate surface area is 117 Å². The second kappa shape index (κ2) is 10.2. The van der Waals surface area contributed by atoms with Crippen molar-refractivity contribution >= 4 is 14.9 Å². The highest BCUT2D eigenvalue weighted by atomic mass is 28.4. The largest absolute Gasteiger partial charge is 0.530 e. The molecule has 0 bridgehead atoms. The maximum atomic E-state index is 10.8. The van der Waals surface area contributed by atoms with Gasteiger partial charge in [-0.2, -0.15) is 0 Å². The first-order valence-electron chi connectivity index (χ1n) is 6.92.